The first-order valence-electron chi connectivity index (χ1n) is 18.9. The number of hydrogen-bond acceptors (Lipinski definition) is 1. The van der Waals surface area contributed by atoms with Gasteiger partial charge in [0.1, 0.15) is 0 Å². The number of rotatable bonds is 4. The van der Waals surface area contributed by atoms with Crippen molar-refractivity contribution < 1.29 is 0 Å². The smallest absolute Gasteiger partial charge is 0.0547 e. The highest BCUT2D eigenvalue weighted by molar-refractivity contribution is 6.25. The maximum atomic E-state index is 4.34. The summed E-state index contributed by atoms with van der Waals surface area (Å²) in [6.07, 6.45) is 3.75. The van der Waals surface area contributed by atoms with Crippen molar-refractivity contribution in [2.75, 3.05) is 0 Å². The second kappa shape index (κ2) is 10.6. The molecule has 0 bridgehead atoms. The minimum atomic E-state index is 1.10. The Balaban J connectivity index is 1.01. The Kier molecular flexibility index (Phi) is 5.60. The molecular weight excluding hydrogens is 669 g/mol. The molecule has 4 aromatic heterocycles. The Bertz CT molecular complexity index is 3500. The molecular formula is C51H30N4. The van der Waals surface area contributed by atoms with Gasteiger partial charge in [0.2, 0.25) is 0 Å². The summed E-state index contributed by atoms with van der Waals surface area (Å²) in [5, 5.41) is 12.9. The maximum absolute atomic E-state index is 4.34. The van der Waals surface area contributed by atoms with Crippen LogP contribution in [0.5, 0.6) is 0 Å². The van der Waals surface area contributed by atoms with Gasteiger partial charge in [-0.3, -0.25) is 4.98 Å². The Labute approximate surface area is 315 Å². The maximum Gasteiger partial charge on any atom is 0.0547 e. The third-order valence-corrected chi connectivity index (χ3v) is 12.0. The average molecular weight is 699 g/mol. The van der Waals surface area contributed by atoms with Crippen LogP contribution in [0.25, 0.3) is 115 Å². The summed E-state index contributed by atoms with van der Waals surface area (Å²) in [5.74, 6) is 0. The zero-order chi connectivity index (χ0) is 35.8. The molecule has 4 heterocycles. The summed E-state index contributed by atoms with van der Waals surface area (Å²) < 4.78 is 7.23. The fourth-order valence-electron chi connectivity index (χ4n) is 9.70. The molecule has 0 spiro atoms. The Hall–Kier alpha value is -7.43. The molecule has 55 heavy (non-hydrogen) atoms. The standard InChI is InChI=1S/C51H30N4/c1-5-32-13-14-33-6-2-10-45-49(33)48(32)44(9-1)54(45)37-20-17-31(18-21-37)36-19-23-42-40(29-36)41-30-39(22-24-43(41)53(42)38-25-27-52-28-26-38)55-46-11-3-7-34-15-16-35-8-4-12-47(55)51(35)50(34)46/h1-30H. The molecule has 0 aliphatic heterocycles. The molecule has 0 fully saturated rings. The van der Waals surface area contributed by atoms with Crippen molar-refractivity contribution in [3.05, 3.63) is 182 Å². The van der Waals surface area contributed by atoms with E-state index in [2.05, 4.69) is 189 Å². The van der Waals surface area contributed by atoms with Gasteiger partial charge in [-0.15, -0.1) is 0 Å². The summed E-state index contributed by atoms with van der Waals surface area (Å²) in [7, 11) is 0. The summed E-state index contributed by atoms with van der Waals surface area (Å²) in [5.41, 5.74) is 13.1. The molecule has 0 radical (unpaired) electrons. The molecule has 4 nitrogen and oxygen atoms in total. The van der Waals surface area contributed by atoms with E-state index in [9.17, 15) is 0 Å². The Morgan fingerprint density at radius 2 is 0.691 bits per heavy atom. The Morgan fingerprint density at radius 3 is 1.22 bits per heavy atom. The Morgan fingerprint density at radius 1 is 0.291 bits per heavy atom. The van der Waals surface area contributed by atoms with Gasteiger partial charge in [0, 0.05) is 61.8 Å². The van der Waals surface area contributed by atoms with Crippen LogP contribution in [0.1, 0.15) is 0 Å². The molecule has 0 saturated heterocycles. The van der Waals surface area contributed by atoms with E-state index in [1.807, 2.05) is 12.4 Å². The topological polar surface area (TPSA) is 27.7 Å². The predicted octanol–water partition coefficient (Wildman–Crippen LogP) is 13.2. The molecule has 4 heteroatoms. The molecule has 0 saturated carbocycles. The lowest BCUT2D eigenvalue weighted by Crippen LogP contribution is -1.95. The predicted molar refractivity (Wildman–Crippen MR) is 230 cm³/mol. The number of fused-ring (bicyclic) bond motifs is 3. The molecule has 0 aliphatic carbocycles. The average Bonchev–Trinajstić information content (AvgIpc) is 3.89. The second-order valence-electron chi connectivity index (χ2n) is 14.8. The SMILES string of the molecule is c1cc2ccc3cccc4c3c2c(c1)n4-c1ccc(-c2ccc3c(c2)c2cc(-n4c5cccc6ccc7cccc4c7c65)ccc2n3-c2ccncc2)cc1. The van der Waals surface area contributed by atoms with Gasteiger partial charge < -0.3 is 13.7 Å². The zero-order valence-corrected chi connectivity index (χ0v) is 29.6. The molecule has 0 amide bonds. The van der Waals surface area contributed by atoms with E-state index in [0.29, 0.717) is 0 Å². The molecule has 13 rings (SSSR count). The van der Waals surface area contributed by atoms with Gasteiger partial charge in [-0.2, -0.15) is 0 Å². The van der Waals surface area contributed by atoms with Crippen LogP contribution in [0.3, 0.4) is 0 Å². The molecule has 13 aromatic rings. The summed E-state index contributed by atoms with van der Waals surface area (Å²) in [6.45, 7) is 0. The van der Waals surface area contributed by atoms with Crippen LogP contribution in [-0.4, -0.2) is 18.7 Å². The van der Waals surface area contributed by atoms with Crippen LogP contribution in [0.4, 0.5) is 0 Å². The van der Waals surface area contributed by atoms with Crippen molar-refractivity contribution >= 4 is 87.0 Å². The van der Waals surface area contributed by atoms with Crippen molar-refractivity contribution in [1.82, 2.24) is 18.7 Å². The van der Waals surface area contributed by atoms with Crippen molar-refractivity contribution in [3.8, 4) is 28.2 Å². The monoisotopic (exact) mass is 698 g/mol. The van der Waals surface area contributed by atoms with E-state index in [-0.39, 0.29) is 0 Å². The lowest BCUT2D eigenvalue weighted by molar-refractivity contribution is 1.15. The van der Waals surface area contributed by atoms with Crippen LogP contribution < -0.4 is 0 Å². The van der Waals surface area contributed by atoms with E-state index in [1.165, 1.54) is 98.1 Å². The summed E-state index contributed by atoms with van der Waals surface area (Å²) >= 11 is 0. The van der Waals surface area contributed by atoms with Crippen LogP contribution >= 0.6 is 0 Å². The minimum absolute atomic E-state index is 1.10. The molecule has 0 unspecified atom stereocenters. The van der Waals surface area contributed by atoms with Gasteiger partial charge in [0.25, 0.3) is 0 Å². The number of nitrogens with zero attached hydrogens (tertiary/aromatic N) is 4. The molecule has 0 atom stereocenters. The zero-order valence-electron chi connectivity index (χ0n) is 29.6. The van der Waals surface area contributed by atoms with Crippen LogP contribution in [0.15, 0.2) is 182 Å². The van der Waals surface area contributed by atoms with Gasteiger partial charge in [-0.1, -0.05) is 91.0 Å². The van der Waals surface area contributed by atoms with Crippen LogP contribution in [0.2, 0.25) is 0 Å². The van der Waals surface area contributed by atoms with Crippen molar-refractivity contribution in [1.29, 1.82) is 0 Å². The lowest BCUT2D eigenvalue weighted by Gasteiger charge is -2.10. The van der Waals surface area contributed by atoms with E-state index < -0.39 is 0 Å². The molecule has 0 aliphatic rings. The van der Waals surface area contributed by atoms with Crippen molar-refractivity contribution in [2.45, 2.75) is 0 Å². The fraction of sp³-hybridized carbons (Fsp3) is 0. The first-order valence-corrected chi connectivity index (χ1v) is 18.9. The highest BCUT2D eigenvalue weighted by Gasteiger charge is 2.20. The largest absolute Gasteiger partial charge is 0.309 e. The quantitative estimate of drug-likeness (QED) is 0.168. The number of hydrogen-bond donors (Lipinski definition) is 0. The van der Waals surface area contributed by atoms with E-state index in [1.54, 1.807) is 0 Å². The van der Waals surface area contributed by atoms with E-state index in [0.717, 1.165) is 17.1 Å². The molecule has 254 valence electrons. The fourth-order valence-corrected chi connectivity index (χ4v) is 9.70. The highest BCUT2D eigenvalue weighted by atomic mass is 15.0. The summed E-state index contributed by atoms with van der Waals surface area (Å²) in [6, 6.07) is 62.7. The second-order valence-corrected chi connectivity index (χ2v) is 14.8. The minimum Gasteiger partial charge on any atom is -0.309 e. The first kappa shape index (κ1) is 29.1. The van der Waals surface area contributed by atoms with Gasteiger partial charge in [-0.25, -0.2) is 0 Å². The third-order valence-electron chi connectivity index (χ3n) is 12.0. The van der Waals surface area contributed by atoms with Gasteiger partial charge in [0.05, 0.1) is 33.1 Å². The summed E-state index contributed by atoms with van der Waals surface area (Å²) in [4.78, 5) is 4.34. The number of benzene rings is 9. The number of pyridine rings is 1. The van der Waals surface area contributed by atoms with Gasteiger partial charge in [0.15, 0.2) is 0 Å². The lowest BCUT2D eigenvalue weighted by atomic mass is 10.0. The normalized spacial score (nSPS) is 12.4. The first-order chi connectivity index (χ1) is 27.3. The van der Waals surface area contributed by atoms with Crippen molar-refractivity contribution in [2.24, 2.45) is 0 Å². The van der Waals surface area contributed by atoms with Crippen LogP contribution in [-0.2, 0) is 0 Å². The van der Waals surface area contributed by atoms with Crippen LogP contribution in [0, 0.1) is 0 Å². The van der Waals surface area contributed by atoms with Crippen molar-refractivity contribution in [3.63, 3.8) is 0 Å². The third kappa shape index (κ3) is 3.87. The van der Waals surface area contributed by atoms with E-state index >= 15 is 0 Å². The van der Waals surface area contributed by atoms with Gasteiger partial charge >= 0.3 is 0 Å². The molecule has 9 aromatic carbocycles. The van der Waals surface area contributed by atoms with Gasteiger partial charge in [-0.05, 0) is 112 Å². The van der Waals surface area contributed by atoms with E-state index in [4.69, 9.17) is 0 Å². The highest BCUT2D eigenvalue weighted by Crippen LogP contribution is 2.42. The molecule has 0 N–H and O–H groups in total. The number of aromatic nitrogens is 4.